The van der Waals surface area contributed by atoms with Gasteiger partial charge < -0.3 is 14.6 Å². The molecule has 2 heterocycles. The Labute approximate surface area is 81.7 Å². The lowest BCUT2D eigenvalue weighted by Gasteiger charge is -2.31. The van der Waals surface area contributed by atoms with Crippen molar-refractivity contribution in [3.63, 3.8) is 0 Å². The van der Waals surface area contributed by atoms with Crippen LogP contribution in [0.1, 0.15) is 12.8 Å². The summed E-state index contributed by atoms with van der Waals surface area (Å²) in [6, 6.07) is 0. The van der Waals surface area contributed by atoms with Crippen LogP contribution in [-0.2, 0) is 14.3 Å². The Bertz CT molecular complexity index is 245. The smallest absolute Gasteiger partial charge is 0.307 e. The number of nitrogens with one attached hydrogen (secondary N) is 1. The standard InChI is InChI=1S/C9H13NO4/c11-9(12)6-1-2-7(10-5-6)14-8-3-4-13-8/h3-4,6-8,10H,1-2,5H2,(H,11,12). The molecule has 5 nitrogen and oxygen atoms in total. The van der Waals surface area contributed by atoms with Crippen molar-refractivity contribution < 1.29 is 19.4 Å². The third-order valence-corrected chi connectivity index (χ3v) is 2.47. The van der Waals surface area contributed by atoms with Crippen LogP contribution in [0.15, 0.2) is 12.3 Å². The summed E-state index contributed by atoms with van der Waals surface area (Å²) < 4.78 is 10.4. The number of piperidine rings is 1. The highest BCUT2D eigenvalue weighted by atomic mass is 16.7. The molecule has 3 atom stereocenters. The lowest BCUT2D eigenvalue weighted by atomic mass is 9.99. The summed E-state index contributed by atoms with van der Waals surface area (Å²) >= 11 is 0. The lowest BCUT2D eigenvalue weighted by molar-refractivity contribution is -0.158. The van der Waals surface area contributed by atoms with Gasteiger partial charge in [0, 0.05) is 12.6 Å². The topological polar surface area (TPSA) is 67.8 Å². The van der Waals surface area contributed by atoms with Crippen molar-refractivity contribution in [2.45, 2.75) is 25.4 Å². The number of ether oxygens (including phenoxy) is 2. The minimum absolute atomic E-state index is 0.0828. The lowest BCUT2D eigenvalue weighted by Crippen LogP contribution is -2.45. The van der Waals surface area contributed by atoms with E-state index >= 15 is 0 Å². The summed E-state index contributed by atoms with van der Waals surface area (Å²) in [7, 11) is 0. The first-order chi connectivity index (χ1) is 6.75. The van der Waals surface area contributed by atoms with Crippen LogP contribution in [0.3, 0.4) is 0 Å². The van der Waals surface area contributed by atoms with E-state index in [0.29, 0.717) is 19.4 Å². The molecule has 78 valence electrons. The van der Waals surface area contributed by atoms with Gasteiger partial charge in [0.1, 0.15) is 6.23 Å². The SMILES string of the molecule is O=C(O)C1CCC(OC2C=CO2)NC1. The van der Waals surface area contributed by atoms with E-state index in [1.165, 1.54) is 0 Å². The predicted octanol–water partition coefficient (Wildman–Crippen LogP) is 0.283. The molecule has 0 bridgehead atoms. The van der Waals surface area contributed by atoms with E-state index in [1.54, 1.807) is 6.26 Å². The molecule has 2 N–H and O–H groups in total. The summed E-state index contributed by atoms with van der Waals surface area (Å²) in [5.74, 6) is -1.02. The van der Waals surface area contributed by atoms with Crippen LogP contribution >= 0.6 is 0 Å². The molecule has 0 saturated carbocycles. The number of hydrogen-bond acceptors (Lipinski definition) is 4. The van der Waals surface area contributed by atoms with Crippen LogP contribution in [0.5, 0.6) is 0 Å². The number of carboxylic acid groups (broad SMARTS) is 1. The van der Waals surface area contributed by atoms with Crippen LogP contribution in [0.2, 0.25) is 0 Å². The largest absolute Gasteiger partial charge is 0.481 e. The Morgan fingerprint density at radius 3 is 2.79 bits per heavy atom. The maximum atomic E-state index is 10.6. The highest BCUT2D eigenvalue weighted by molar-refractivity contribution is 5.70. The first-order valence-electron chi connectivity index (χ1n) is 4.69. The van der Waals surface area contributed by atoms with Gasteiger partial charge in [-0.1, -0.05) is 0 Å². The van der Waals surface area contributed by atoms with Gasteiger partial charge in [-0.25, -0.2) is 0 Å². The zero-order valence-corrected chi connectivity index (χ0v) is 7.68. The molecule has 5 heteroatoms. The van der Waals surface area contributed by atoms with E-state index < -0.39 is 5.97 Å². The predicted molar refractivity (Wildman–Crippen MR) is 47.2 cm³/mol. The van der Waals surface area contributed by atoms with Gasteiger partial charge in [-0.05, 0) is 12.8 Å². The number of carbonyl (C=O) groups is 1. The molecule has 3 unspecified atom stereocenters. The van der Waals surface area contributed by atoms with Crippen molar-refractivity contribution >= 4 is 5.97 Å². The third kappa shape index (κ3) is 2.05. The molecule has 0 radical (unpaired) electrons. The second-order valence-corrected chi connectivity index (χ2v) is 3.48. The summed E-state index contributed by atoms with van der Waals surface area (Å²) in [6.07, 6.45) is 4.42. The van der Waals surface area contributed by atoms with Crippen LogP contribution < -0.4 is 5.32 Å². The number of hydrogen-bond donors (Lipinski definition) is 2. The fourth-order valence-corrected chi connectivity index (χ4v) is 1.54. The van der Waals surface area contributed by atoms with Gasteiger partial charge in [0.05, 0.1) is 12.2 Å². The molecule has 14 heavy (non-hydrogen) atoms. The summed E-state index contributed by atoms with van der Waals surface area (Å²) in [6.45, 7) is 0.469. The van der Waals surface area contributed by atoms with Crippen LogP contribution in [0.25, 0.3) is 0 Å². The van der Waals surface area contributed by atoms with Crippen LogP contribution in [-0.4, -0.2) is 30.1 Å². The minimum Gasteiger partial charge on any atom is -0.481 e. The summed E-state index contributed by atoms with van der Waals surface area (Å²) in [5, 5.41) is 11.8. The highest BCUT2D eigenvalue weighted by Crippen LogP contribution is 2.18. The van der Waals surface area contributed by atoms with Crippen molar-refractivity contribution in [3.8, 4) is 0 Å². The number of rotatable bonds is 3. The Morgan fingerprint density at radius 1 is 1.57 bits per heavy atom. The Morgan fingerprint density at radius 2 is 2.36 bits per heavy atom. The van der Waals surface area contributed by atoms with E-state index in [9.17, 15) is 4.79 Å². The molecule has 0 amide bonds. The van der Waals surface area contributed by atoms with E-state index in [-0.39, 0.29) is 18.4 Å². The number of aliphatic carboxylic acids is 1. The van der Waals surface area contributed by atoms with Crippen molar-refractivity contribution in [1.82, 2.24) is 5.32 Å². The van der Waals surface area contributed by atoms with E-state index in [0.717, 1.165) is 0 Å². The normalized spacial score (nSPS) is 35.9. The van der Waals surface area contributed by atoms with E-state index in [1.807, 2.05) is 6.08 Å². The maximum Gasteiger partial charge on any atom is 0.307 e. The molecule has 2 aliphatic rings. The third-order valence-electron chi connectivity index (χ3n) is 2.47. The monoisotopic (exact) mass is 199 g/mol. The zero-order valence-electron chi connectivity index (χ0n) is 7.68. The summed E-state index contributed by atoms with van der Waals surface area (Å²) in [4.78, 5) is 10.6. The molecule has 1 saturated heterocycles. The van der Waals surface area contributed by atoms with Gasteiger partial charge in [0.25, 0.3) is 0 Å². The molecular formula is C9H13NO4. The summed E-state index contributed by atoms with van der Waals surface area (Å²) in [5.41, 5.74) is 0. The fourth-order valence-electron chi connectivity index (χ4n) is 1.54. The molecule has 0 aromatic carbocycles. The average molecular weight is 199 g/mol. The second-order valence-electron chi connectivity index (χ2n) is 3.48. The Kier molecular flexibility index (Phi) is 2.69. The molecule has 0 aromatic rings. The Hall–Kier alpha value is -1.07. The van der Waals surface area contributed by atoms with Gasteiger partial charge >= 0.3 is 5.97 Å². The average Bonchev–Trinajstić information content (AvgIpc) is 2.12. The molecule has 0 aromatic heterocycles. The molecule has 2 rings (SSSR count). The molecule has 1 fully saturated rings. The second kappa shape index (κ2) is 3.98. The van der Waals surface area contributed by atoms with Gasteiger partial charge in [0.2, 0.25) is 6.29 Å². The van der Waals surface area contributed by atoms with Crippen molar-refractivity contribution in [2.75, 3.05) is 6.54 Å². The number of carboxylic acids is 1. The molecule has 0 spiro atoms. The molecule has 0 aliphatic carbocycles. The van der Waals surface area contributed by atoms with Crippen LogP contribution in [0, 0.1) is 5.92 Å². The highest BCUT2D eigenvalue weighted by Gasteiger charge is 2.28. The molecular weight excluding hydrogens is 186 g/mol. The minimum atomic E-state index is -0.740. The van der Waals surface area contributed by atoms with Gasteiger partial charge in [0.15, 0.2) is 0 Å². The van der Waals surface area contributed by atoms with E-state index in [2.05, 4.69) is 5.32 Å². The fraction of sp³-hybridized carbons (Fsp3) is 0.667. The van der Waals surface area contributed by atoms with Crippen molar-refractivity contribution in [1.29, 1.82) is 0 Å². The zero-order chi connectivity index (χ0) is 9.97. The quantitative estimate of drug-likeness (QED) is 0.683. The van der Waals surface area contributed by atoms with Gasteiger partial charge in [-0.2, -0.15) is 0 Å². The van der Waals surface area contributed by atoms with Crippen LogP contribution in [0.4, 0.5) is 0 Å². The van der Waals surface area contributed by atoms with Crippen molar-refractivity contribution in [2.24, 2.45) is 5.92 Å². The molecule has 2 aliphatic heterocycles. The first-order valence-corrected chi connectivity index (χ1v) is 4.69. The van der Waals surface area contributed by atoms with Gasteiger partial charge in [-0.15, -0.1) is 0 Å². The van der Waals surface area contributed by atoms with Gasteiger partial charge in [-0.3, -0.25) is 10.1 Å². The van der Waals surface area contributed by atoms with Crippen molar-refractivity contribution in [3.05, 3.63) is 12.3 Å². The maximum absolute atomic E-state index is 10.6. The van der Waals surface area contributed by atoms with E-state index in [4.69, 9.17) is 14.6 Å². The first kappa shape index (κ1) is 9.48. The Balaban J connectivity index is 1.72.